The molecule has 3 rings (SSSR count). The number of aromatic amines is 1. The number of carbonyl (C=O) groups excluding carboxylic acids is 1. The maximum absolute atomic E-state index is 13.3. The number of hydrogen-bond donors (Lipinski definition) is 1. The third kappa shape index (κ3) is 3.45. The fraction of sp³-hybridized carbons (Fsp3) is 0.250. The summed E-state index contributed by atoms with van der Waals surface area (Å²) in [6, 6.07) is 16.1. The van der Waals surface area contributed by atoms with Crippen molar-refractivity contribution in [2.75, 3.05) is 11.4 Å². The van der Waals surface area contributed by atoms with Gasteiger partial charge in [-0.15, -0.1) is 0 Å². The Bertz CT molecular complexity index is 914. The molecule has 136 valence electrons. The molecule has 1 amide bonds. The van der Waals surface area contributed by atoms with Crippen molar-refractivity contribution in [2.45, 2.75) is 20.0 Å². The smallest absolute Gasteiger partial charge is 0.353 e. The zero-order chi connectivity index (χ0) is 18.9. The van der Waals surface area contributed by atoms with Crippen LogP contribution in [-0.2, 0) is 4.79 Å². The highest BCUT2D eigenvalue weighted by molar-refractivity contribution is 6.10. The summed E-state index contributed by atoms with van der Waals surface area (Å²) in [4.78, 5) is 16.2. The van der Waals surface area contributed by atoms with Gasteiger partial charge in [0.05, 0.1) is 11.4 Å². The topological polar surface area (TPSA) is 36.1 Å². The van der Waals surface area contributed by atoms with Gasteiger partial charge in [-0.1, -0.05) is 62.4 Å². The molecule has 0 spiro atoms. The predicted molar refractivity (Wildman–Crippen MR) is 97.0 cm³/mol. The van der Waals surface area contributed by atoms with Crippen molar-refractivity contribution in [3.05, 3.63) is 54.6 Å². The highest BCUT2D eigenvalue weighted by Crippen LogP contribution is 2.39. The van der Waals surface area contributed by atoms with Gasteiger partial charge in [0.25, 0.3) is 0 Å². The Hall–Kier alpha value is -2.76. The molecule has 0 unspecified atom stereocenters. The van der Waals surface area contributed by atoms with E-state index in [1.807, 2.05) is 18.2 Å². The van der Waals surface area contributed by atoms with Crippen molar-refractivity contribution in [3.63, 3.8) is 0 Å². The van der Waals surface area contributed by atoms with Gasteiger partial charge in [0.1, 0.15) is 0 Å². The second kappa shape index (κ2) is 6.86. The molecular weight excluding hydrogens is 341 g/mol. The molecule has 0 atom stereocenters. The molecule has 1 N–H and O–H groups in total. The number of fused-ring (bicyclic) bond motifs is 1. The average molecular weight is 360 g/mol. The monoisotopic (exact) mass is 360 g/mol. The van der Waals surface area contributed by atoms with Gasteiger partial charge in [0, 0.05) is 23.0 Å². The van der Waals surface area contributed by atoms with Crippen LogP contribution >= 0.6 is 0 Å². The number of alkyl halides is 3. The van der Waals surface area contributed by atoms with E-state index in [9.17, 15) is 18.0 Å². The third-order valence-electron chi connectivity index (χ3n) is 4.05. The largest absolute Gasteiger partial charge is 0.471 e. The lowest BCUT2D eigenvalue weighted by atomic mass is 10.1. The van der Waals surface area contributed by atoms with E-state index in [0.717, 1.165) is 10.5 Å². The number of aromatic nitrogens is 1. The minimum Gasteiger partial charge on any atom is -0.353 e. The Morgan fingerprint density at radius 1 is 1.04 bits per heavy atom. The predicted octanol–water partition coefficient (Wildman–Crippen LogP) is 5.39. The summed E-state index contributed by atoms with van der Waals surface area (Å²) in [5, 5.41) is 0.588. The molecule has 3 nitrogen and oxygen atoms in total. The number of hydrogen-bond acceptors (Lipinski definition) is 1. The Kier molecular flexibility index (Phi) is 4.76. The quantitative estimate of drug-likeness (QED) is 0.666. The van der Waals surface area contributed by atoms with E-state index in [1.165, 1.54) is 0 Å². The van der Waals surface area contributed by atoms with Crippen molar-refractivity contribution >= 4 is 22.5 Å². The van der Waals surface area contributed by atoms with Crippen LogP contribution in [0.3, 0.4) is 0 Å². The Morgan fingerprint density at radius 3 is 2.27 bits per heavy atom. The van der Waals surface area contributed by atoms with Crippen LogP contribution in [0.15, 0.2) is 54.6 Å². The molecule has 26 heavy (non-hydrogen) atoms. The fourth-order valence-corrected chi connectivity index (χ4v) is 3.02. The number of nitrogens with zero attached hydrogens (tertiary/aromatic N) is 1. The van der Waals surface area contributed by atoms with Gasteiger partial charge in [-0.3, -0.25) is 4.79 Å². The van der Waals surface area contributed by atoms with Gasteiger partial charge in [-0.05, 0) is 12.0 Å². The van der Waals surface area contributed by atoms with Crippen molar-refractivity contribution in [3.8, 4) is 11.3 Å². The van der Waals surface area contributed by atoms with E-state index in [-0.39, 0.29) is 18.2 Å². The molecule has 0 saturated carbocycles. The lowest BCUT2D eigenvalue weighted by Crippen LogP contribution is -2.43. The Balaban J connectivity index is 2.27. The maximum atomic E-state index is 13.3. The average Bonchev–Trinajstić information content (AvgIpc) is 2.98. The zero-order valence-electron chi connectivity index (χ0n) is 14.5. The number of H-pyrrole nitrogens is 1. The van der Waals surface area contributed by atoms with Gasteiger partial charge in [-0.2, -0.15) is 13.2 Å². The summed E-state index contributed by atoms with van der Waals surface area (Å²) in [6.45, 7) is 3.54. The molecule has 0 aliphatic carbocycles. The first-order valence-electron chi connectivity index (χ1n) is 8.34. The number of rotatable bonds is 4. The van der Waals surface area contributed by atoms with Crippen LogP contribution in [0, 0.1) is 5.92 Å². The second-order valence-electron chi connectivity index (χ2n) is 6.57. The summed E-state index contributed by atoms with van der Waals surface area (Å²) in [6.07, 6.45) is -4.94. The van der Waals surface area contributed by atoms with Gasteiger partial charge in [0.2, 0.25) is 0 Å². The molecule has 2 aromatic carbocycles. The van der Waals surface area contributed by atoms with Gasteiger partial charge >= 0.3 is 12.1 Å². The number of amides is 1. The number of carbonyl (C=O) groups is 1. The summed E-state index contributed by atoms with van der Waals surface area (Å²) in [5.74, 6) is -1.98. The number of benzene rings is 2. The SMILES string of the molecule is CC(C)CN(C(=O)C(F)(F)F)c1c(-c2ccccc2)[nH]c2ccccc12. The number of nitrogens with one attached hydrogen (secondary N) is 1. The van der Waals surface area contributed by atoms with E-state index >= 15 is 0 Å². The molecule has 0 bridgehead atoms. The summed E-state index contributed by atoms with van der Waals surface area (Å²) in [5.41, 5.74) is 2.18. The highest BCUT2D eigenvalue weighted by Gasteiger charge is 2.44. The van der Waals surface area contributed by atoms with E-state index in [4.69, 9.17) is 0 Å². The fourth-order valence-electron chi connectivity index (χ4n) is 3.02. The normalized spacial score (nSPS) is 11.9. The number of anilines is 1. The first-order chi connectivity index (χ1) is 12.3. The molecule has 0 radical (unpaired) electrons. The minimum atomic E-state index is -4.94. The molecule has 6 heteroatoms. The zero-order valence-corrected chi connectivity index (χ0v) is 14.5. The standard InChI is InChI=1S/C20H19F3N2O/c1-13(2)12-25(19(26)20(21,22)23)18-15-10-6-7-11-16(15)24-17(18)14-8-4-3-5-9-14/h3-11,13,24H,12H2,1-2H3. The summed E-state index contributed by atoms with van der Waals surface area (Å²) < 4.78 is 39.8. The molecule has 0 aliphatic heterocycles. The Labute approximate surface area is 149 Å². The number of halogens is 3. The minimum absolute atomic E-state index is 0.0278. The summed E-state index contributed by atoms with van der Waals surface area (Å²) >= 11 is 0. The van der Waals surface area contributed by atoms with Gasteiger partial charge in [0.15, 0.2) is 0 Å². The molecule has 0 aliphatic rings. The van der Waals surface area contributed by atoms with Crippen LogP contribution in [0.1, 0.15) is 13.8 Å². The van der Waals surface area contributed by atoms with Gasteiger partial charge < -0.3 is 9.88 Å². The van der Waals surface area contributed by atoms with Crippen LogP contribution in [-0.4, -0.2) is 23.6 Å². The molecule has 3 aromatic rings. The number of para-hydroxylation sites is 1. The third-order valence-corrected chi connectivity index (χ3v) is 4.05. The van der Waals surface area contributed by atoms with Crippen molar-refractivity contribution in [2.24, 2.45) is 5.92 Å². The van der Waals surface area contributed by atoms with Gasteiger partial charge in [-0.25, -0.2) is 0 Å². The first kappa shape index (κ1) is 18.0. The van der Waals surface area contributed by atoms with E-state index in [2.05, 4.69) is 4.98 Å². The molecule has 1 aromatic heterocycles. The molecule has 0 saturated heterocycles. The maximum Gasteiger partial charge on any atom is 0.471 e. The second-order valence-corrected chi connectivity index (χ2v) is 6.57. The van der Waals surface area contributed by atoms with Crippen molar-refractivity contribution < 1.29 is 18.0 Å². The Morgan fingerprint density at radius 2 is 1.65 bits per heavy atom. The molecule has 0 fully saturated rings. The van der Waals surface area contributed by atoms with Crippen molar-refractivity contribution in [1.29, 1.82) is 0 Å². The van der Waals surface area contributed by atoms with E-state index in [1.54, 1.807) is 50.2 Å². The lowest BCUT2D eigenvalue weighted by Gasteiger charge is -2.26. The summed E-state index contributed by atoms with van der Waals surface area (Å²) in [7, 11) is 0. The van der Waals surface area contributed by atoms with Crippen molar-refractivity contribution in [1.82, 2.24) is 4.98 Å². The lowest BCUT2D eigenvalue weighted by molar-refractivity contribution is -0.170. The van der Waals surface area contributed by atoms with Crippen LogP contribution in [0.2, 0.25) is 0 Å². The van der Waals surface area contributed by atoms with Crippen LogP contribution in [0.25, 0.3) is 22.2 Å². The van der Waals surface area contributed by atoms with E-state index in [0.29, 0.717) is 16.6 Å². The van der Waals surface area contributed by atoms with E-state index < -0.39 is 12.1 Å². The van der Waals surface area contributed by atoms with Crippen LogP contribution in [0.5, 0.6) is 0 Å². The molecule has 1 heterocycles. The first-order valence-corrected chi connectivity index (χ1v) is 8.34. The highest BCUT2D eigenvalue weighted by atomic mass is 19.4. The van der Waals surface area contributed by atoms with Crippen LogP contribution in [0.4, 0.5) is 18.9 Å². The molecular formula is C20H19F3N2O. The van der Waals surface area contributed by atoms with Crippen LogP contribution < -0.4 is 4.90 Å².